The van der Waals surface area contributed by atoms with Crippen LogP contribution in [0.2, 0.25) is 0 Å². The Morgan fingerprint density at radius 3 is 2.56 bits per heavy atom. The number of halogens is 1. The van der Waals surface area contributed by atoms with E-state index in [9.17, 15) is 9.50 Å². The van der Waals surface area contributed by atoms with Gasteiger partial charge in [0.15, 0.2) is 0 Å². The molecule has 0 radical (unpaired) electrons. The topological polar surface area (TPSA) is 23.5 Å². The summed E-state index contributed by atoms with van der Waals surface area (Å²) in [7, 11) is 0. The minimum Gasteiger partial charge on any atom is -0.396 e. The fourth-order valence-electron chi connectivity index (χ4n) is 2.87. The van der Waals surface area contributed by atoms with Crippen molar-refractivity contribution in [2.24, 2.45) is 5.92 Å². The molecule has 1 aliphatic heterocycles. The van der Waals surface area contributed by atoms with E-state index in [4.69, 9.17) is 0 Å². The Balaban J connectivity index is 2.29. The molecule has 100 valence electrons. The van der Waals surface area contributed by atoms with Crippen LogP contribution < -0.4 is 0 Å². The highest BCUT2D eigenvalue weighted by atomic mass is 19.1. The summed E-state index contributed by atoms with van der Waals surface area (Å²) in [5.41, 5.74) is 1.80. The first kappa shape index (κ1) is 13.5. The van der Waals surface area contributed by atoms with E-state index in [1.165, 1.54) is 18.9 Å². The number of hydrogen-bond donors (Lipinski definition) is 1. The zero-order valence-corrected chi connectivity index (χ0v) is 11.2. The van der Waals surface area contributed by atoms with Crippen LogP contribution in [0, 0.1) is 18.7 Å². The fourth-order valence-corrected chi connectivity index (χ4v) is 2.87. The van der Waals surface area contributed by atoms with Gasteiger partial charge in [0.25, 0.3) is 0 Å². The van der Waals surface area contributed by atoms with Gasteiger partial charge in [0.1, 0.15) is 5.82 Å². The number of nitrogens with zero attached hydrogens (tertiary/aromatic N) is 1. The molecule has 1 fully saturated rings. The molecule has 2 rings (SSSR count). The predicted molar refractivity (Wildman–Crippen MR) is 70.9 cm³/mol. The van der Waals surface area contributed by atoms with Crippen molar-refractivity contribution in [1.29, 1.82) is 0 Å². The third-order valence-corrected chi connectivity index (χ3v) is 3.88. The van der Waals surface area contributed by atoms with E-state index in [2.05, 4.69) is 11.8 Å². The van der Waals surface area contributed by atoms with E-state index in [1.807, 2.05) is 12.1 Å². The Morgan fingerprint density at radius 1 is 1.33 bits per heavy atom. The van der Waals surface area contributed by atoms with Gasteiger partial charge in [0, 0.05) is 12.6 Å². The molecule has 1 saturated heterocycles. The molecule has 1 aromatic carbocycles. The standard InChI is InChI=1S/C15H22FNO/c1-11-9-13(5-6-14(11)16)15(12(2)10-18)17-7-3-4-8-17/h5-6,9,12,15,18H,3-4,7-8,10H2,1-2H3. The molecule has 1 heterocycles. The van der Waals surface area contributed by atoms with Gasteiger partial charge in [-0.05, 0) is 56.0 Å². The van der Waals surface area contributed by atoms with Gasteiger partial charge in [0.2, 0.25) is 0 Å². The van der Waals surface area contributed by atoms with Crippen molar-refractivity contribution in [2.75, 3.05) is 19.7 Å². The van der Waals surface area contributed by atoms with Crippen molar-refractivity contribution in [1.82, 2.24) is 4.90 Å². The van der Waals surface area contributed by atoms with Crippen LogP contribution in [-0.2, 0) is 0 Å². The average molecular weight is 251 g/mol. The van der Waals surface area contributed by atoms with E-state index in [-0.39, 0.29) is 24.4 Å². The maximum Gasteiger partial charge on any atom is 0.126 e. The van der Waals surface area contributed by atoms with E-state index in [0.717, 1.165) is 18.7 Å². The second-order valence-electron chi connectivity index (χ2n) is 5.36. The molecular formula is C15H22FNO. The molecule has 1 aliphatic rings. The maximum absolute atomic E-state index is 13.4. The summed E-state index contributed by atoms with van der Waals surface area (Å²) in [6.45, 7) is 6.17. The van der Waals surface area contributed by atoms with Crippen LogP contribution in [0.25, 0.3) is 0 Å². The molecule has 18 heavy (non-hydrogen) atoms. The largest absolute Gasteiger partial charge is 0.396 e. The van der Waals surface area contributed by atoms with Gasteiger partial charge < -0.3 is 5.11 Å². The molecule has 2 unspecified atom stereocenters. The quantitative estimate of drug-likeness (QED) is 0.889. The first-order chi connectivity index (χ1) is 8.63. The van der Waals surface area contributed by atoms with E-state index >= 15 is 0 Å². The zero-order chi connectivity index (χ0) is 13.1. The molecule has 1 N–H and O–H groups in total. The molecule has 0 aromatic heterocycles. The molecule has 0 bridgehead atoms. The van der Waals surface area contributed by atoms with Gasteiger partial charge in [-0.1, -0.05) is 19.1 Å². The lowest BCUT2D eigenvalue weighted by Crippen LogP contribution is -2.32. The Morgan fingerprint density at radius 2 is 2.00 bits per heavy atom. The molecule has 2 nitrogen and oxygen atoms in total. The first-order valence-corrected chi connectivity index (χ1v) is 6.74. The van der Waals surface area contributed by atoms with Gasteiger partial charge in [-0.2, -0.15) is 0 Å². The summed E-state index contributed by atoms with van der Waals surface area (Å²) in [6.07, 6.45) is 2.43. The van der Waals surface area contributed by atoms with Crippen molar-refractivity contribution in [2.45, 2.75) is 32.7 Å². The molecule has 3 heteroatoms. The summed E-state index contributed by atoms with van der Waals surface area (Å²) in [5, 5.41) is 9.45. The Labute approximate surface area is 108 Å². The van der Waals surface area contributed by atoms with Crippen LogP contribution >= 0.6 is 0 Å². The Kier molecular flexibility index (Phi) is 4.36. The normalized spacial score (nSPS) is 20.0. The van der Waals surface area contributed by atoms with Crippen LogP contribution in [0.5, 0.6) is 0 Å². The summed E-state index contributed by atoms with van der Waals surface area (Å²) in [4.78, 5) is 2.41. The smallest absolute Gasteiger partial charge is 0.126 e. The van der Waals surface area contributed by atoms with Crippen LogP contribution in [0.3, 0.4) is 0 Å². The van der Waals surface area contributed by atoms with Gasteiger partial charge in [-0.15, -0.1) is 0 Å². The fraction of sp³-hybridized carbons (Fsp3) is 0.600. The van der Waals surface area contributed by atoms with Crippen LogP contribution in [-0.4, -0.2) is 29.7 Å². The first-order valence-electron chi connectivity index (χ1n) is 6.74. The molecular weight excluding hydrogens is 229 g/mol. The van der Waals surface area contributed by atoms with E-state index in [1.54, 1.807) is 6.92 Å². The highest BCUT2D eigenvalue weighted by Gasteiger charge is 2.28. The van der Waals surface area contributed by atoms with E-state index in [0.29, 0.717) is 5.56 Å². The number of benzene rings is 1. The minimum atomic E-state index is -0.157. The molecule has 2 atom stereocenters. The highest BCUT2D eigenvalue weighted by molar-refractivity contribution is 5.27. The van der Waals surface area contributed by atoms with Crippen molar-refractivity contribution in [3.8, 4) is 0 Å². The molecule has 0 aliphatic carbocycles. The summed E-state index contributed by atoms with van der Waals surface area (Å²) in [5.74, 6) is 0.0172. The number of aryl methyl sites for hydroxylation is 1. The van der Waals surface area contributed by atoms with Crippen molar-refractivity contribution in [3.05, 3.63) is 35.1 Å². The summed E-state index contributed by atoms with van der Waals surface area (Å²) >= 11 is 0. The van der Waals surface area contributed by atoms with Gasteiger partial charge >= 0.3 is 0 Å². The third-order valence-electron chi connectivity index (χ3n) is 3.88. The third kappa shape index (κ3) is 2.73. The van der Waals surface area contributed by atoms with E-state index < -0.39 is 0 Å². The number of aliphatic hydroxyl groups is 1. The number of aliphatic hydroxyl groups excluding tert-OH is 1. The monoisotopic (exact) mass is 251 g/mol. The van der Waals surface area contributed by atoms with Crippen LogP contribution in [0.15, 0.2) is 18.2 Å². The van der Waals surface area contributed by atoms with Gasteiger partial charge in [0.05, 0.1) is 0 Å². The van der Waals surface area contributed by atoms with Gasteiger partial charge in [-0.3, -0.25) is 4.90 Å². The van der Waals surface area contributed by atoms with Crippen molar-refractivity contribution >= 4 is 0 Å². The number of hydrogen-bond acceptors (Lipinski definition) is 2. The van der Waals surface area contributed by atoms with Crippen LogP contribution in [0.1, 0.15) is 36.9 Å². The molecule has 0 spiro atoms. The van der Waals surface area contributed by atoms with Crippen LogP contribution in [0.4, 0.5) is 4.39 Å². The second-order valence-corrected chi connectivity index (χ2v) is 5.36. The highest BCUT2D eigenvalue weighted by Crippen LogP contribution is 2.32. The summed E-state index contributed by atoms with van der Waals surface area (Å²) in [6, 6.07) is 5.52. The Bertz CT molecular complexity index is 401. The number of likely N-dealkylation sites (tertiary alicyclic amines) is 1. The molecule has 1 aromatic rings. The zero-order valence-electron chi connectivity index (χ0n) is 11.2. The lowest BCUT2D eigenvalue weighted by Gasteiger charge is -2.32. The van der Waals surface area contributed by atoms with Crippen molar-refractivity contribution in [3.63, 3.8) is 0 Å². The Hall–Kier alpha value is -0.930. The number of rotatable bonds is 4. The predicted octanol–water partition coefficient (Wildman–Crippen LogP) is 2.90. The maximum atomic E-state index is 13.4. The summed E-state index contributed by atoms with van der Waals surface area (Å²) < 4.78 is 13.4. The van der Waals surface area contributed by atoms with Crippen molar-refractivity contribution < 1.29 is 9.50 Å². The second kappa shape index (κ2) is 5.81. The lowest BCUT2D eigenvalue weighted by molar-refractivity contribution is 0.126. The minimum absolute atomic E-state index is 0.157. The molecule has 0 amide bonds. The van der Waals surface area contributed by atoms with Gasteiger partial charge in [-0.25, -0.2) is 4.39 Å². The molecule has 0 saturated carbocycles. The lowest BCUT2D eigenvalue weighted by atomic mass is 9.92. The SMILES string of the molecule is Cc1cc(C(C(C)CO)N2CCCC2)ccc1F. The average Bonchev–Trinajstić information content (AvgIpc) is 2.87.